The van der Waals surface area contributed by atoms with Crippen molar-refractivity contribution < 1.29 is 0 Å². The lowest BCUT2D eigenvalue weighted by molar-refractivity contribution is 0.652. The summed E-state index contributed by atoms with van der Waals surface area (Å²) in [6.07, 6.45) is 4.59. The molecule has 3 nitrogen and oxygen atoms in total. The van der Waals surface area contributed by atoms with Gasteiger partial charge in [0, 0.05) is 31.9 Å². The van der Waals surface area contributed by atoms with Crippen molar-refractivity contribution in [2.75, 3.05) is 0 Å². The molecule has 0 N–H and O–H groups in total. The van der Waals surface area contributed by atoms with Crippen molar-refractivity contribution >= 4 is 23.9 Å². The summed E-state index contributed by atoms with van der Waals surface area (Å²) in [7, 11) is 0. The minimum atomic E-state index is -0.648. The monoisotopic (exact) mass is 797 g/mol. The Balaban J connectivity index is 1.12. The largest absolute Gasteiger partial charge is 0.208 e. The van der Waals surface area contributed by atoms with Crippen molar-refractivity contribution in [3.8, 4) is 56.4 Å². The van der Waals surface area contributed by atoms with Gasteiger partial charge >= 0.3 is 0 Å². The molecule has 288 valence electrons. The molecule has 0 bridgehead atoms. The molecule has 12 rings (SSSR count). The van der Waals surface area contributed by atoms with E-state index >= 15 is 0 Å². The second kappa shape index (κ2) is 13.7. The summed E-state index contributed by atoms with van der Waals surface area (Å²) in [4.78, 5) is 18.2. The van der Waals surface area contributed by atoms with Gasteiger partial charge in [0.1, 0.15) is 0 Å². The van der Waals surface area contributed by atoms with E-state index in [-0.39, 0.29) is 5.41 Å². The fourth-order valence-electron chi connectivity index (χ4n) is 10.1. The highest BCUT2D eigenvalue weighted by Crippen LogP contribution is 2.61. The van der Waals surface area contributed by atoms with Crippen molar-refractivity contribution in [3.63, 3.8) is 0 Å². The average molecular weight is 798 g/mol. The lowest BCUT2D eigenvalue weighted by atomic mass is 9.62. The van der Waals surface area contributed by atoms with Crippen LogP contribution in [0.25, 0.3) is 68.6 Å². The van der Waals surface area contributed by atoms with E-state index in [4.69, 9.17) is 15.0 Å². The van der Waals surface area contributed by atoms with Crippen molar-refractivity contribution in [2.24, 2.45) is 0 Å². The van der Waals surface area contributed by atoms with Gasteiger partial charge in [0.25, 0.3) is 0 Å². The van der Waals surface area contributed by atoms with E-state index in [2.05, 4.69) is 190 Å². The first-order valence-electron chi connectivity index (χ1n) is 20.9. The number of nitrogens with zero attached hydrogens (tertiary/aromatic N) is 3. The van der Waals surface area contributed by atoms with E-state index in [0.717, 1.165) is 22.3 Å². The van der Waals surface area contributed by atoms with Crippen molar-refractivity contribution in [3.05, 3.63) is 233 Å². The standard InChI is InChI=1S/C57H39N3S/c1-56(2)46-22-12-10-20-43(46)44-34-50-52(35-49(44)56)61-51-24-14-13-23-47(51)57(50)45-21-11-9-17-38(45)27-28-39-29-32-42(33-48(39)57)55-59-53(40-18-7-4-8-19-40)58-54(60-55)41-30-25-37(26-31-41)36-15-5-3-6-16-36/h3-35H,1-2H3. The Morgan fingerprint density at radius 1 is 0.344 bits per heavy atom. The Morgan fingerprint density at radius 3 is 1.61 bits per heavy atom. The van der Waals surface area contributed by atoms with Crippen LogP contribution < -0.4 is 0 Å². The molecule has 61 heavy (non-hydrogen) atoms. The molecule has 3 aliphatic rings. The Morgan fingerprint density at radius 2 is 0.869 bits per heavy atom. The second-order valence-corrected chi connectivity index (χ2v) is 17.8. The maximum atomic E-state index is 5.28. The van der Waals surface area contributed by atoms with Crippen LogP contribution in [0.4, 0.5) is 0 Å². The van der Waals surface area contributed by atoms with Crippen LogP contribution in [0.2, 0.25) is 0 Å². The predicted molar refractivity (Wildman–Crippen MR) is 250 cm³/mol. The average Bonchev–Trinajstić information content (AvgIpc) is 3.44. The molecule has 8 aromatic carbocycles. The zero-order chi connectivity index (χ0) is 40.7. The van der Waals surface area contributed by atoms with Crippen LogP contribution in [0.1, 0.15) is 58.4 Å². The molecule has 0 fully saturated rings. The molecule has 1 spiro atoms. The van der Waals surface area contributed by atoms with Crippen LogP contribution in [0.15, 0.2) is 198 Å². The van der Waals surface area contributed by atoms with E-state index in [0.29, 0.717) is 17.5 Å². The Labute approximate surface area is 360 Å². The molecular formula is C57H39N3S. The number of aromatic nitrogens is 3. The highest BCUT2D eigenvalue weighted by molar-refractivity contribution is 7.99. The summed E-state index contributed by atoms with van der Waals surface area (Å²) in [5.74, 6) is 1.92. The zero-order valence-corrected chi connectivity index (χ0v) is 34.6. The van der Waals surface area contributed by atoms with Crippen LogP contribution in [-0.4, -0.2) is 15.0 Å². The van der Waals surface area contributed by atoms with Gasteiger partial charge in [-0.05, 0) is 91.0 Å². The molecule has 4 heteroatoms. The van der Waals surface area contributed by atoms with Crippen LogP contribution in [0.5, 0.6) is 0 Å². The van der Waals surface area contributed by atoms with Gasteiger partial charge in [0.05, 0.1) is 5.41 Å². The van der Waals surface area contributed by atoms with E-state index in [1.54, 1.807) is 0 Å². The lowest BCUT2D eigenvalue weighted by Crippen LogP contribution is -2.35. The van der Waals surface area contributed by atoms with Gasteiger partial charge in [-0.15, -0.1) is 0 Å². The van der Waals surface area contributed by atoms with Gasteiger partial charge in [-0.1, -0.05) is 202 Å². The summed E-state index contributed by atoms with van der Waals surface area (Å²) in [6.45, 7) is 4.75. The molecule has 0 saturated carbocycles. The summed E-state index contributed by atoms with van der Waals surface area (Å²) < 4.78 is 0. The molecule has 0 amide bonds. The third-order valence-corrected chi connectivity index (χ3v) is 14.2. The highest BCUT2D eigenvalue weighted by atomic mass is 32.2. The molecule has 1 unspecified atom stereocenters. The molecular weight excluding hydrogens is 759 g/mol. The highest BCUT2D eigenvalue weighted by Gasteiger charge is 2.49. The topological polar surface area (TPSA) is 38.7 Å². The minimum Gasteiger partial charge on any atom is -0.208 e. The van der Waals surface area contributed by atoms with E-state index < -0.39 is 5.41 Å². The van der Waals surface area contributed by atoms with Crippen LogP contribution in [-0.2, 0) is 10.8 Å². The van der Waals surface area contributed by atoms with Gasteiger partial charge in [-0.2, -0.15) is 0 Å². The molecule has 0 radical (unpaired) electrons. The third kappa shape index (κ3) is 5.49. The predicted octanol–water partition coefficient (Wildman–Crippen LogP) is 14.2. The summed E-state index contributed by atoms with van der Waals surface area (Å²) >= 11 is 1.90. The zero-order valence-electron chi connectivity index (χ0n) is 33.8. The van der Waals surface area contributed by atoms with E-state index in [9.17, 15) is 0 Å². The quantitative estimate of drug-likeness (QED) is 0.178. The molecule has 1 atom stereocenters. The minimum absolute atomic E-state index is 0.117. The Hall–Kier alpha value is -7.14. The number of hydrogen-bond donors (Lipinski definition) is 0. The first kappa shape index (κ1) is 35.8. The van der Waals surface area contributed by atoms with Crippen molar-refractivity contribution in [2.45, 2.75) is 34.5 Å². The first-order chi connectivity index (χ1) is 30.0. The SMILES string of the molecule is CC1(C)c2ccccc2-c2cc3c(cc21)Sc1ccccc1C31c2ccccc2C=Cc2ccc(-c3nc(-c4ccccc4)nc(-c4ccc(-c5ccccc5)cc4)n3)cc21. The van der Waals surface area contributed by atoms with Gasteiger partial charge in [-0.25, -0.2) is 15.0 Å². The maximum Gasteiger partial charge on any atom is 0.164 e. The second-order valence-electron chi connectivity index (χ2n) is 16.8. The fourth-order valence-corrected chi connectivity index (χ4v) is 11.3. The summed E-state index contributed by atoms with van der Waals surface area (Å²) in [6, 6.07) is 68.1. The van der Waals surface area contributed by atoms with Crippen LogP contribution in [0.3, 0.4) is 0 Å². The summed E-state index contributed by atoms with van der Waals surface area (Å²) in [5, 5.41) is 0. The maximum absolute atomic E-state index is 5.28. The molecule has 1 aliphatic heterocycles. The van der Waals surface area contributed by atoms with Crippen LogP contribution >= 0.6 is 11.8 Å². The Kier molecular flexibility index (Phi) is 8.04. The molecule has 1 aromatic heterocycles. The number of hydrogen-bond acceptors (Lipinski definition) is 4. The van der Waals surface area contributed by atoms with Gasteiger partial charge in [0.15, 0.2) is 17.5 Å². The van der Waals surface area contributed by atoms with Crippen molar-refractivity contribution in [1.29, 1.82) is 0 Å². The number of benzene rings is 8. The van der Waals surface area contributed by atoms with Gasteiger partial charge in [-0.3, -0.25) is 0 Å². The molecule has 9 aromatic rings. The van der Waals surface area contributed by atoms with E-state index in [1.807, 2.05) is 36.0 Å². The smallest absolute Gasteiger partial charge is 0.164 e. The van der Waals surface area contributed by atoms with Crippen molar-refractivity contribution in [1.82, 2.24) is 15.0 Å². The molecule has 0 saturated heterocycles. The molecule has 2 heterocycles. The lowest BCUT2D eigenvalue weighted by Gasteiger charge is -2.43. The number of fused-ring (bicyclic) bond motifs is 11. The Bertz CT molecular complexity index is 3240. The third-order valence-electron chi connectivity index (χ3n) is 13.0. The summed E-state index contributed by atoms with van der Waals surface area (Å²) in [5.41, 5.74) is 17.2. The normalized spacial score (nSPS) is 16.1. The molecule has 2 aliphatic carbocycles. The van der Waals surface area contributed by atoms with Gasteiger partial charge < -0.3 is 0 Å². The fraction of sp³-hybridized carbons (Fsp3) is 0.0702. The van der Waals surface area contributed by atoms with Crippen LogP contribution in [0, 0.1) is 0 Å². The number of rotatable bonds is 4. The van der Waals surface area contributed by atoms with Gasteiger partial charge in [0.2, 0.25) is 0 Å². The first-order valence-corrected chi connectivity index (χ1v) is 21.7. The van der Waals surface area contributed by atoms with E-state index in [1.165, 1.54) is 71.0 Å².